The highest BCUT2D eigenvalue weighted by Gasteiger charge is 2.43. The summed E-state index contributed by atoms with van der Waals surface area (Å²) in [7, 11) is 0. The number of aromatic nitrogens is 1. The van der Waals surface area contributed by atoms with E-state index in [0.717, 1.165) is 22.2 Å². The summed E-state index contributed by atoms with van der Waals surface area (Å²) in [6.07, 6.45) is 1.62. The van der Waals surface area contributed by atoms with Crippen molar-refractivity contribution in [2.75, 3.05) is 0 Å². The van der Waals surface area contributed by atoms with Crippen molar-refractivity contribution in [1.82, 2.24) is 4.98 Å². The van der Waals surface area contributed by atoms with Crippen LogP contribution in [0.5, 0.6) is 0 Å². The maximum Gasteiger partial charge on any atom is 0.150 e. The molecule has 1 aliphatic heterocycles. The molecule has 1 aliphatic rings. The SMILES string of the molecule is CC1(C)N=C(c2cc(F)c3ncccc3c2)c2ccccc2C1(C)C. The normalized spacial score (nSPS) is 17.9. The minimum absolute atomic E-state index is 0.107. The van der Waals surface area contributed by atoms with Gasteiger partial charge in [0.05, 0.1) is 11.3 Å². The van der Waals surface area contributed by atoms with Gasteiger partial charge >= 0.3 is 0 Å². The molecule has 25 heavy (non-hydrogen) atoms. The Morgan fingerprint density at radius 2 is 1.68 bits per heavy atom. The summed E-state index contributed by atoms with van der Waals surface area (Å²) in [5.41, 5.74) is 3.97. The van der Waals surface area contributed by atoms with E-state index in [4.69, 9.17) is 4.99 Å². The van der Waals surface area contributed by atoms with Crippen LogP contribution in [0.15, 0.2) is 59.7 Å². The molecule has 0 bridgehead atoms. The van der Waals surface area contributed by atoms with Crippen LogP contribution in [0.25, 0.3) is 10.9 Å². The summed E-state index contributed by atoms with van der Waals surface area (Å²) in [5.74, 6) is -0.309. The molecule has 0 saturated carbocycles. The molecular formula is C22H21FN2. The van der Waals surface area contributed by atoms with Crippen LogP contribution in [-0.4, -0.2) is 16.2 Å². The summed E-state index contributed by atoms with van der Waals surface area (Å²) >= 11 is 0. The van der Waals surface area contributed by atoms with Crippen molar-refractivity contribution in [3.05, 3.63) is 77.2 Å². The van der Waals surface area contributed by atoms with Crippen molar-refractivity contribution < 1.29 is 4.39 Å². The average molecular weight is 332 g/mol. The fourth-order valence-corrected chi connectivity index (χ4v) is 3.55. The topological polar surface area (TPSA) is 25.2 Å². The maximum atomic E-state index is 14.6. The molecule has 0 N–H and O–H groups in total. The van der Waals surface area contributed by atoms with Gasteiger partial charge in [0, 0.05) is 28.1 Å². The van der Waals surface area contributed by atoms with Crippen LogP contribution < -0.4 is 0 Å². The number of aliphatic imine (C=N–C) groups is 1. The van der Waals surface area contributed by atoms with E-state index < -0.39 is 0 Å². The lowest BCUT2D eigenvalue weighted by molar-refractivity contribution is 0.303. The number of benzene rings is 2. The van der Waals surface area contributed by atoms with Crippen LogP contribution in [0, 0.1) is 5.82 Å². The molecule has 0 amide bonds. The molecule has 1 aromatic heterocycles. The second-order valence-corrected chi connectivity index (χ2v) is 7.72. The Hall–Kier alpha value is -2.55. The van der Waals surface area contributed by atoms with Gasteiger partial charge in [-0.05, 0) is 37.6 Å². The van der Waals surface area contributed by atoms with E-state index in [2.05, 4.69) is 50.9 Å². The van der Waals surface area contributed by atoms with E-state index in [1.807, 2.05) is 24.3 Å². The fourth-order valence-electron chi connectivity index (χ4n) is 3.55. The van der Waals surface area contributed by atoms with Crippen LogP contribution in [0.2, 0.25) is 0 Å². The number of hydrogen-bond acceptors (Lipinski definition) is 2. The summed E-state index contributed by atoms with van der Waals surface area (Å²) in [6, 6.07) is 15.6. The van der Waals surface area contributed by atoms with Gasteiger partial charge < -0.3 is 0 Å². The van der Waals surface area contributed by atoms with Crippen LogP contribution in [0.1, 0.15) is 44.4 Å². The standard InChI is InChI=1S/C22H21FN2/c1-21(2)17-10-6-5-9-16(17)19(25-22(21,3)4)15-12-14-8-7-11-24-20(14)18(23)13-15/h5-13H,1-4H3. The lowest BCUT2D eigenvalue weighted by Gasteiger charge is -2.44. The lowest BCUT2D eigenvalue weighted by Crippen LogP contribution is -2.46. The molecule has 0 unspecified atom stereocenters. The molecule has 2 aromatic carbocycles. The quantitative estimate of drug-likeness (QED) is 0.595. The molecule has 2 nitrogen and oxygen atoms in total. The summed E-state index contributed by atoms with van der Waals surface area (Å²) in [6.45, 7) is 8.72. The predicted molar refractivity (Wildman–Crippen MR) is 101 cm³/mol. The van der Waals surface area contributed by atoms with Gasteiger partial charge in [-0.25, -0.2) is 4.39 Å². The van der Waals surface area contributed by atoms with E-state index in [0.29, 0.717) is 5.52 Å². The van der Waals surface area contributed by atoms with Crippen LogP contribution in [-0.2, 0) is 5.41 Å². The van der Waals surface area contributed by atoms with Crippen LogP contribution >= 0.6 is 0 Å². The first-order chi connectivity index (χ1) is 11.8. The van der Waals surface area contributed by atoms with Crippen LogP contribution in [0.4, 0.5) is 4.39 Å². The average Bonchev–Trinajstić information content (AvgIpc) is 2.58. The van der Waals surface area contributed by atoms with Gasteiger partial charge in [0.15, 0.2) is 0 Å². The molecule has 3 aromatic rings. The van der Waals surface area contributed by atoms with E-state index in [1.165, 1.54) is 5.56 Å². The number of nitrogens with zero attached hydrogens (tertiary/aromatic N) is 2. The minimum atomic E-state index is -0.309. The fraction of sp³-hybridized carbons (Fsp3) is 0.273. The summed E-state index contributed by atoms with van der Waals surface area (Å²) in [4.78, 5) is 9.20. The van der Waals surface area contributed by atoms with Gasteiger partial charge in [-0.3, -0.25) is 9.98 Å². The monoisotopic (exact) mass is 332 g/mol. The Morgan fingerprint density at radius 3 is 2.48 bits per heavy atom. The van der Waals surface area contributed by atoms with E-state index in [9.17, 15) is 4.39 Å². The molecule has 0 atom stereocenters. The van der Waals surface area contributed by atoms with E-state index in [1.54, 1.807) is 12.3 Å². The first kappa shape index (κ1) is 15.9. The van der Waals surface area contributed by atoms with E-state index in [-0.39, 0.29) is 16.8 Å². The minimum Gasteiger partial charge on any atom is -0.277 e. The Kier molecular flexibility index (Phi) is 3.33. The summed E-state index contributed by atoms with van der Waals surface area (Å²) < 4.78 is 14.6. The molecule has 0 aliphatic carbocycles. The van der Waals surface area contributed by atoms with Gasteiger partial charge in [0.25, 0.3) is 0 Å². The molecule has 0 spiro atoms. The second kappa shape index (κ2) is 5.22. The van der Waals surface area contributed by atoms with Gasteiger partial charge in [-0.1, -0.05) is 44.2 Å². The zero-order valence-corrected chi connectivity index (χ0v) is 15.0. The third-order valence-electron chi connectivity index (χ3n) is 5.71. The highest BCUT2D eigenvalue weighted by Crippen LogP contribution is 2.44. The van der Waals surface area contributed by atoms with Crippen LogP contribution in [0.3, 0.4) is 0 Å². The number of rotatable bonds is 1. The van der Waals surface area contributed by atoms with Gasteiger partial charge in [0.1, 0.15) is 11.3 Å². The maximum absolute atomic E-state index is 14.6. The third kappa shape index (κ3) is 2.30. The highest BCUT2D eigenvalue weighted by atomic mass is 19.1. The number of halogens is 1. The Bertz CT molecular complexity index is 1020. The zero-order chi connectivity index (χ0) is 17.8. The van der Waals surface area contributed by atoms with Crippen molar-refractivity contribution in [2.45, 2.75) is 38.6 Å². The van der Waals surface area contributed by atoms with Gasteiger partial charge in [-0.2, -0.15) is 0 Å². The van der Waals surface area contributed by atoms with Crippen molar-refractivity contribution in [3.63, 3.8) is 0 Å². The molecule has 2 heterocycles. The van der Waals surface area contributed by atoms with Crippen molar-refractivity contribution in [2.24, 2.45) is 4.99 Å². The number of pyridine rings is 1. The molecular weight excluding hydrogens is 311 g/mol. The molecule has 4 rings (SSSR count). The lowest BCUT2D eigenvalue weighted by atomic mass is 9.66. The first-order valence-electron chi connectivity index (χ1n) is 8.56. The molecule has 3 heteroatoms. The van der Waals surface area contributed by atoms with Crippen molar-refractivity contribution in [3.8, 4) is 0 Å². The van der Waals surface area contributed by atoms with Crippen molar-refractivity contribution in [1.29, 1.82) is 0 Å². The molecule has 0 saturated heterocycles. The Balaban J connectivity index is 2.01. The first-order valence-corrected chi connectivity index (χ1v) is 8.56. The molecule has 0 fully saturated rings. The highest BCUT2D eigenvalue weighted by molar-refractivity contribution is 6.16. The number of hydrogen-bond donors (Lipinski definition) is 0. The van der Waals surface area contributed by atoms with Crippen molar-refractivity contribution >= 4 is 16.6 Å². The smallest absolute Gasteiger partial charge is 0.150 e. The second-order valence-electron chi connectivity index (χ2n) is 7.72. The molecule has 0 radical (unpaired) electrons. The predicted octanol–water partition coefficient (Wildman–Crippen LogP) is 5.28. The number of fused-ring (bicyclic) bond motifs is 2. The van der Waals surface area contributed by atoms with Gasteiger partial charge in [-0.15, -0.1) is 0 Å². The summed E-state index contributed by atoms with van der Waals surface area (Å²) in [5, 5.41) is 0.792. The molecule has 126 valence electrons. The van der Waals surface area contributed by atoms with E-state index >= 15 is 0 Å². The largest absolute Gasteiger partial charge is 0.277 e. The van der Waals surface area contributed by atoms with Gasteiger partial charge in [0.2, 0.25) is 0 Å². The Morgan fingerprint density at radius 1 is 0.920 bits per heavy atom. The zero-order valence-electron chi connectivity index (χ0n) is 15.0. The third-order valence-corrected chi connectivity index (χ3v) is 5.71. The Labute approximate surface area is 147 Å².